The van der Waals surface area contributed by atoms with Gasteiger partial charge in [-0.2, -0.15) is 0 Å². The number of hydrogen-bond donors (Lipinski definition) is 1. The normalized spacial score (nSPS) is 19.6. The summed E-state index contributed by atoms with van der Waals surface area (Å²) in [5.74, 6) is 0. The number of benzene rings is 1. The third kappa shape index (κ3) is 3.23. The van der Waals surface area contributed by atoms with E-state index in [1.807, 2.05) is 37.4 Å². The van der Waals surface area contributed by atoms with E-state index in [1.54, 1.807) is 4.90 Å². The van der Waals surface area contributed by atoms with Crippen LogP contribution < -0.4 is 5.32 Å². The lowest BCUT2D eigenvalue weighted by Gasteiger charge is -2.34. The van der Waals surface area contributed by atoms with Crippen molar-refractivity contribution in [3.63, 3.8) is 0 Å². The van der Waals surface area contributed by atoms with Crippen LogP contribution in [-0.2, 0) is 11.3 Å². The minimum Gasteiger partial charge on any atom is -0.445 e. The molecule has 1 amide bonds. The van der Waals surface area contributed by atoms with Gasteiger partial charge in [0.25, 0.3) is 0 Å². The SMILES string of the molecule is CNC1CCCCN1C(=O)OCc1ccccc1. The van der Waals surface area contributed by atoms with Crippen molar-refractivity contribution >= 4 is 6.09 Å². The Morgan fingerprint density at radius 3 is 2.89 bits per heavy atom. The fraction of sp³-hybridized carbons (Fsp3) is 0.500. The summed E-state index contributed by atoms with van der Waals surface area (Å²) in [5, 5.41) is 3.16. The van der Waals surface area contributed by atoms with Crippen LogP contribution in [0.2, 0.25) is 0 Å². The van der Waals surface area contributed by atoms with Crippen LogP contribution in [0.5, 0.6) is 0 Å². The molecule has 1 aromatic rings. The molecule has 1 unspecified atom stereocenters. The molecule has 0 bridgehead atoms. The van der Waals surface area contributed by atoms with Gasteiger partial charge in [0.05, 0.1) is 6.17 Å². The van der Waals surface area contributed by atoms with Gasteiger partial charge in [0.15, 0.2) is 0 Å². The summed E-state index contributed by atoms with van der Waals surface area (Å²) in [7, 11) is 1.88. The van der Waals surface area contributed by atoms with Crippen LogP contribution in [-0.4, -0.2) is 30.8 Å². The topological polar surface area (TPSA) is 41.6 Å². The van der Waals surface area contributed by atoms with Crippen LogP contribution in [0.1, 0.15) is 24.8 Å². The number of rotatable bonds is 3. The monoisotopic (exact) mass is 248 g/mol. The Hall–Kier alpha value is -1.55. The summed E-state index contributed by atoms with van der Waals surface area (Å²) in [4.78, 5) is 13.8. The molecular weight excluding hydrogens is 228 g/mol. The van der Waals surface area contributed by atoms with E-state index in [4.69, 9.17) is 4.74 Å². The number of nitrogens with zero attached hydrogens (tertiary/aromatic N) is 1. The van der Waals surface area contributed by atoms with Gasteiger partial charge in [-0.05, 0) is 31.9 Å². The van der Waals surface area contributed by atoms with E-state index in [0.29, 0.717) is 6.61 Å². The maximum atomic E-state index is 12.0. The molecule has 1 fully saturated rings. The molecule has 0 radical (unpaired) electrons. The second-order valence-corrected chi connectivity index (χ2v) is 4.53. The third-order valence-electron chi connectivity index (χ3n) is 3.28. The van der Waals surface area contributed by atoms with Crippen LogP contribution in [0, 0.1) is 0 Å². The molecule has 4 heteroatoms. The van der Waals surface area contributed by atoms with Crippen molar-refractivity contribution in [1.29, 1.82) is 0 Å². The summed E-state index contributed by atoms with van der Waals surface area (Å²) in [6.07, 6.45) is 3.10. The standard InChI is InChI=1S/C14H20N2O2/c1-15-13-9-5-6-10-16(13)14(17)18-11-12-7-3-2-4-8-12/h2-4,7-8,13,15H,5-6,9-11H2,1H3. The Kier molecular flexibility index (Phi) is 4.59. The van der Waals surface area contributed by atoms with E-state index >= 15 is 0 Å². The molecule has 0 aliphatic carbocycles. The summed E-state index contributed by atoms with van der Waals surface area (Å²) < 4.78 is 5.35. The number of hydrogen-bond acceptors (Lipinski definition) is 3. The van der Waals surface area contributed by atoms with Crippen LogP contribution >= 0.6 is 0 Å². The maximum absolute atomic E-state index is 12.0. The predicted octanol–water partition coefficient (Wildman–Crippen LogP) is 2.35. The second kappa shape index (κ2) is 6.40. The Bertz CT molecular complexity index is 381. The van der Waals surface area contributed by atoms with Crippen molar-refractivity contribution in [2.75, 3.05) is 13.6 Å². The fourth-order valence-corrected chi connectivity index (χ4v) is 2.25. The van der Waals surface area contributed by atoms with Crippen LogP contribution in [0.4, 0.5) is 4.79 Å². The quantitative estimate of drug-likeness (QED) is 0.892. The van der Waals surface area contributed by atoms with Crippen molar-refractivity contribution < 1.29 is 9.53 Å². The highest BCUT2D eigenvalue weighted by molar-refractivity contribution is 5.68. The van der Waals surface area contributed by atoms with Crippen molar-refractivity contribution in [2.45, 2.75) is 32.0 Å². The van der Waals surface area contributed by atoms with Gasteiger partial charge in [0, 0.05) is 6.54 Å². The fourth-order valence-electron chi connectivity index (χ4n) is 2.25. The lowest BCUT2D eigenvalue weighted by atomic mass is 10.1. The number of ether oxygens (including phenoxy) is 1. The van der Waals surface area contributed by atoms with Crippen LogP contribution in [0.25, 0.3) is 0 Å². The van der Waals surface area contributed by atoms with Crippen LogP contribution in [0.15, 0.2) is 30.3 Å². The zero-order valence-corrected chi connectivity index (χ0v) is 10.8. The Morgan fingerprint density at radius 1 is 1.39 bits per heavy atom. The zero-order valence-electron chi connectivity index (χ0n) is 10.8. The average molecular weight is 248 g/mol. The molecule has 1 atom stereocenters. The molecule has 1 aromatic carbocycles. The number of carbonyl (C=O) groups excluding carboxylic acids is 1. The van der Waals surface area contributed by atoms with Gasteiger partial charge in [-0.3, -0.25) is 4.90 Å². The van der Waals surface area contributed by atoms with Crippen molar-refractivity contribution in [3.05, 3.63) is 35.9 Å². The van der Waals surface area contributed by atoms with Gasteiger partial charge < -0.3 is 10.1 Å². The second-order valence-electron chi connectivity index (χ2n) is 4.53. The molecule has 1 aliphatic heterocycles. The number of carbonyl (C=O) groups is 1. The molecule has 18 heavy (non-hydrogen) atoms. The first-order valence-electron chi connectivity index (χ1n) is 6.46. The first kappa shape index (κ1) is 12.9. The lowest BCUT2D eigenvalue weighted by Crippen LogP contribution is -2.50. The van der Waals surface area contributed by atoms with Gasteiger partial charge in [0.2, 0.25) is 0 Å². The molecule has 2 rings (SSSR count). The molecule has 1 heterocycles. The Labute approximate surface area is 108 Å². The number of nitrogens with one attached hydrogen (secondary N) is 1. The first-order valence-corrected chi connectivity index (χ1v) is 6.46. The van der Waals surface area contributed by atoms with E-state index < -0.39 is 0 Å². The average Bonchev–Trinajstić information content (AvgIpc) is 2.45. The number of likely N-dealkylation sites (tertiary alicyclic amines) is 1. The summed E-state index contributed by atoms with van der Waals surface area (Å²) in [5.41, 5.74) is 1.02. The highest BCUT2D eigenvalue weighted by Gasteiger charge is 2.26. The summed E-state index contributed by atoms with van der Waals surface area (Å²) >= 11 is 0. The molecule has 4 nitrogen and oxygen atoms in total. The van der Waals surface area contributed by atoms with Gasteiger partial charge in [-0.15, -0.1) is 0 Å². The van der Waals surface area contributed by atoms with E-state index in [0.717, 1.165) is 31.4 Å². The van der Waals surface area contributed by atoms with E-state index in [9.17, 15) is 4.79 Å². The Balaban J connectivity index is 1.87. The van der Waals surface area contributed by atoms with Crippen LogP contribution in [0.3, 0.4) is 0 Å². The molecular formula is C14H20N2O2. The molecule has 1 aliphatic rings. The summed E-state index contributed by atoms with van der Waals surface area (Å²) in [6, 6.07) is 9.76. The maximum Gasteiger partial charge on any atom is 0.411 e. The van der Waals surface area contributed by atoms with Gasteiger partial charge in [-0.25, -0.2) is 4.79 Å². The highest BCUT2D eigenvalue weighted by atomic mass is 16.6. The van der Waals surface area contributed by atoms with E-state index in [1.165, 1.54) is 0 Å². The molecule has 98 valence electrons. The smallest absolute Gasteiger partial charge is 0.411 e. The highest BCUT2D eigenvalue weighted by Crippen LogP contribution is 2.16. The Morgan fingerprint density at radius 2 is 2.17 bits per heavy atom. The molecule has 1 N–H and O–H groups in total. The molecule has 0 saturated carbocycles. The minimum absolute atomic E-state index is 0.113. The first-order chi connectivity index (χ1) is 8.81. The summed E-state index contributed by atoms with van der Waals surface area (Å²) in [6.45, 7) is 1.12. The number of piperidine rings is 1. The van der Waals surface area contributed by atoms with Crippen molar-refractivity contribution in [1.82, 2.24) is 10.2 Å². The van der Waals surface area contributed by atoms with Gasteiger partial charge >= 0.3 is 6.09 Å². The molecule has 0 spiro atoms. The number of amides is 1. The van der Waals surface area contributed by atoms with E-state index in [-0.39, 0.29) is 12.3 Å². The van der Waals surface area contributed by atoms with Gasteiger partial charge in [-0.1, -0.05) is 30.3 Å². The van der Waals surface area contributed by atoms with Crippen molar-refractivity contribution in [2.24, 2.45) is 0 Å². The third-order valence-corrected chi connectivity index (χ3v) is 3.28. The lowest BCUT2D eigenvalue weighted by molar-refractivity contribution is 0.0616. The molecule has 1 saturated heterocycles. The van der Waals surface area contributed by atoms with Crippen molar-refractivity contribution in [3.8, 4) is 0 Å². The largest absolute Gasteiger partial charge is 0.445 e. The minimum atomic E-state index is -0.224. The van der Waals surface area contributed by atoms with Gasteiger partial charge in [0.1, 0.15) is 6.61 Å². The zero-order chi connectivity index (χ0) is 12.8. The van der Waals surface area contributed by atoms with E-state index in [2.05, 4.69) is 5.32 Å². The predicted molar refractivity (Wildman–Crippen MR) is 70.0 cm³/mol. The molecule has 0 aromatic heterocycles.